The van der Waals surface area contributed by atoms with Crippen molar-refractivity contribution in [1.29, 1.82) is 5.26 Å². The Morgan fingerprint density at radius 1 is 1.47 bits per heavy atom. The van der Waals surface area contributed by atoms with Crippen LogP contribution in [0.1, 0.15) is 44.2 Å². The molecule has 19 heavy (non-hydrogen) atoms. The number of ether oxygens (including phenoxy) is 1. The Morgan fingerprint density at radius 3 is 2.84 bits per heavy atom. The van der Waals surface area contributed by atoms with Gasteiger partial charge in [-0.3, -0.25) is 0 Å². The fourth-order valence-corrected chi connectivity index (χ4v) is 2.83. The van der Waals surface area contributed by atoms with E-state index in [4.69, 9.17) is 10.00 Å². The maximum Gasteiger partial charge on any atom is 0.136 e. The number of nitrogens with zero attached hydrogens (tertiary/aromatic N) is 1. The van der Waals surface area contributed by atoms with Crippen molar-refractivity contribution >= 4 is 0 Å². The molecule has 0 aromatic heterocycles. The molecule has 0 amide bonds. The molecule has 102 valence electrons. The van der Waals surface area contributed by atoms with Crippen LogP contribution in [0.4, 0.5) is 0 Å². The SMILES string of the molecule is COc1ccc(CNC2CCC(C)(C)C2)cc1C#N. The summed E-state index contributed by atoms with van der Waals surface area (Å²) in [6.45, 7) is 5.48. The van der Waals surface area contributed by atoms with Gasteiger partial charge in [0.2, 0.25) is 0 Å². The maximum absolute atomic E-state index is 9.07. The van der Waals surface area contributed by atoms with E-state index >= 15 is 0 Å². The van der Waals surface area contributed by atoms with Gasteiger partial charge in [0.1, 0.15) is 11.8 Å². The van der Waals surface area contributed by atoms with E-state index in [1.54, 1.807) is 7.11 Å². The molecule has 1 aromatic rings. The average molecular weight is 258 g/mol. The number of hydrogen-bond donors (Lipinski definition) is 1. The molecule has 2 rings (SSSR count). The summed E-state index contributed by atoms with van der Waals surface area (Å²) in [5.74, 6) is 0.647. The van der Waals surface area contributed by atoms with Gasteiger partial charge in [0, 0.05) is 12.6 Å². The summed E-state index contributed by atoms with van der Waals surface area (Å²) in [5, 5.41) is 12.7. The van der Waals surface area contributed by atoms with E-state index < -0.39 is 0 Å². The predicted octanol–water partition coefficient (Wildman–Crippen LogP) is 3.24. The van der Waals surface area contributed by atoms with Crippen molar-refractivity contribution in [2.45, 2.75) is 45.7 Å². The molecule has 1 aliphatic rings. The quantitative estimate of drug-likeness (QED) is 0.901. The summed E-state index contributed by atoms with van der Waals surface area (Å²) in [6, 6.07) is 8.57. The molecule has 1 aromatic carbocycles. The van der Waals surface area contributed by atoms with Crippen molar-refractivity contribution in [3.8, 4) is 11.8 Å². The van der Waals surface area contributed by atoms with Gasteiger partial charge in [0.05, 0.1) is 12.7 Å². The molecule has 0 aliphatic heterocycles. The molecule has 0 spiro atoms. The molecule has 3 heteroatoms. The van der Waals surface area contributed by atoms with Crippen LogP contribution in [-0.2, 0) is 6.54 Å². The summed E-state index contributed by atoms with van der Waals surface area (Å²) in [6.07, 6.45) is 3.76. The molecule has 3 nitrogen and oxygen atoms in total. The van der Waals surface area contributed by atoms with Crippen molar-refractivity contribution in [1.82, 2.24) is 5.32 Å². The highest BCUT2D eigenvalue weighted by molar-refractivity contribution is 5.45. The first-order chi connectivity index (χ1) is 9.04. The first kappa shape index (κ1) is 13.9. The third-order valence-corrected chi connectivity index (χ3v) is 3.95. The third kappa shape index (κ3) is 3.48. The lowest BCUT2D eigenvalue weighted by Crippen LogP contribution is -2.26. The van der Waals surface area contributed by atoms with Crippen molar-refractivity contribution in [2.24, 2.45) is 5.41 Å². The smallest absolute Gasteiger partial charge is 0.136 e. The Kier molecular flexibility index (Phi) is 4.11. The second kappa shape index (κ2) is 5.63. The molecule has 1 unspecified atom stereocenters. The van der Waals surface area contributed by atoms with Gasteiger partial charge < -0.3 is 10.1 Å². The second-order valence-electron chi connectivity index (χ2n) is 6.13. The van der Waals surface area contributed by atoms with Crippen LogP contribution < -0.4 is 10.1 Å². The monoisotopic (exact) mass is 258 g/mol. The molecule has 1 aliphatic carbocycles. The average Bonchev–Trinajstić information content (AvgIpc) is 2.75. The molecule has 1 atom stereocenters. The zero-order valence-corrected chi connectivity index (χ0v) is 12.0. The highest BCUT2D eigenvalue weighted by Crippen LogP contribution is 2.37. The normalized spacial score (nSPS) is 21.1. The molecule has 1 N–H and O–H groups in total. The first-order valence-electron chi connectivity index (χ1n) is 6.84. The van der Waals surface area contributed by atoms with Gasteiger partial charge in [-0.15, -0.1) is 0 Å². The number of nitriles is 1. The van der Waals surface area contributed by atoms with E-state index in [-0.39, 0.29) is 0 Å². The van der Waals surface area contributed by atoms with Crippen molar-refractivity contribution in [3.63, 3.8) is 0 Å². The molecular weight excluding hydrogens is 236 g/mol. The highest BCUT2D eigenvalue weighted by Gasteiger charge is 2.30. The van der Waals surface area contributed by atoms with Gasteiger partial charge in [0.15, 0.2) is 0 Å². The molecular formula is C16H22N2O. The van der Waals surface area contributed by atoms with Crippen LogP contribution in [0.2, 0.25) is 0 Å². The molecule has 0 radical (unpaired) electrons. The van der Waals surface area contributed by atoms with Gasteiger partial charge in [-0.1, -0.05) is 19.9 Å². The molecule has 0 saturated heterocycles. The molecule has 0 bridgehead atoms. The fraction of sp³-hybridized carbons (Fsp3) is 0.562. The number of hydrogen-bond acceptors (Lipinski definition) is 3. The van der Waals surface area contributed by atoms with Gasteiger partial charge in [-0.2, -0.15) is 5.26 Å². The van der Waals surface area contributed by atoms with Crippen LogP contribution in [0, 0.1) is 16.7 Å². The van der Waals surface area contributed by atoms with Crippen LogP contribution in [-0.4, -0.2) is 13.2 Å². The van der Waals surface area contributed by atoms with E-state index in [0.29, 0.717) is 22.8 Å². The number of rotatable bonds is 4. The van der Waals surface area contributed by atoms with Gasteiger partial charge >= 0.3 is 0 Å². The van der Waals surface area contributed by atoms with E-state index in [1.807, 2.05) is 18.2 Å². The summed E-state index contributed by atoms with van der Waals surface area (Å²) in [4.78, 5) is 0. The lowest BCUT2D eigenvalue weighted by Gasteiger charge is -2.18. The van der Waals surface area contributed by atoms with E-state index in [2.05, 4.69) is 25.2 Å². The molecule has 0 heterocycles. The Balaban J connectivity index is 1.95. The zero-order valence-electron chi connectivity index (χ0n) is 12.0. The van der Waals surface area contributed by atoms with E-state index in [0.717, 1.165) is 12.1 Å². The minimum Gasteiger partial charge on any atom is -0.495 e. The first-order valence-corrected chi connectivity index (χ1v) is 6.84. The van der Waals surface area contributed by atoms with Crippen molar-refractivity contribution < 1.29 is 4.74 Å². The Bertz CT molecular complexity index is 488. The third-order valence-electron chi connectivity index (χ3n) is 3.95. The van der Waals surface area contributed by atoms with Crippen LogP contribution in [0.25, 0.3) is 0 Å². The lowest BCUT2D eigenvalue weighted by molar-refractivity contribution is 0.364. The summed E-state index contributed by atoms with van der Waals surface area (Å²) < 4.78 is 5.15. The van der Waals surface area contributed by atoms with Crippen LogP contribution >= 0.6 is 0 Å². The van der Waals surface area contributed by atoms with Crippen molar-refractivity contribution in [2.75, 3.05) is 7.11 Å². The highest BCUT2D eigenvalue weighted by atomic mass is 16.5. The molecule has 1 saturated carbocycles. The zero-order chi connectivity index (χ0) is 13.9. The summed E-state index contributed by atoms with van der Waals surface area (Å²) >= 11 is 0. The van der Waals surface area contributed by atoms with Gasteiger partial charge in [0.25, 0.3) is 0 Å². The Hall–Kier alpha value is -1.53. The van der Waals surface area contributed by atoms with Crippen molar-refractivity contribution in [3.05, 3.63) is 29.3 Å². The van der Waals surface area contributed by atoms with E-state index in [1.165, 1.54) is 19.3 Å². The van der Waals surface area contributed by atoms with Gasteiger partial charge in [-0.25, -0.2) is 0 Å². The maximum atomic E-state index is 9.07. The summed E-state index contributed by atoms with van der Waals surface area (Å²) in [7, 11) is 1.59. The molecule has 1 fully saturated rings. The van der Waals surface area contributed by atoms with Crippen LogP contribution in [0.15, 0.2) is 18.2 Å². The topological polar surface area (TPSA) is 45.0 Å². The second-order valence-corrected chi connectivity index (χ2v) is 6.13. The van der Waals surface area contributed by atoms with E-state index in [9.17, 15) is 0 Å². The summed E-state index contributed by atoms with van der Waals surface area (Å²) in [5.41, 5.74) is 2.21. The number of methoxy groups -OCH3 is 1. The largest absolute Gasteiger partial charge is 0.495 e. The minimum atomic E-state index is 0.468. The Labute approximate surface area is 115 Å². The minimum absolute atomic E-state index is 0.468. The predicted molar refractivity (Wildman–Crippen MR) is 76.0 cm³/mol. The lowest BCUT2D eigenvalue weighted by atomic mass is 9.92. The Morgan fingerprint density at radius 2 is 2.26 bits per heavy atom. The van der Waals surface area contributed by atoms with Crippen LogP contribution in [0.3, 0.4) is 0 Å². The van der Waals surface area contributed by atoms with Crippen LogP contribution in [0.5, 0.6) is 5.75 Å². The number of benzene rings is 1. The van der Waals surface area contributed by atoms with Gasteiger partial charge in [-0.05, 0) is 42.4 Å². The number of nitrogens with one attached hydrogen (secondary N) is 1. The standard InChI is InChI=1S/C16H22N2O/c1-16(2)7-6-14(9-16)18-11-12-4-5-15(19-3)13(8-12)10-17/h4-5,8,14,18H,6-7,9,11H2,1-3H3. The fourth-order valence-electron chi connectivity index (χ4n) is 2.83.